The number of carbonyl (C=O) groups excluding carboxylic acids is 1. The molecule has 1 aliphatic rings. The average molecular weight is 276 g/mol. The molecule has 1 aromatic rings. The minimum Gasteiger partial charge on any atom is -0.487 e. The summed E-state index contributed by atoms with van der Waals surface area (Å²) < 4.78 is 5.43. The van der Waals surface area contributed by atoms with E-state index in [9.17, 15) is 9.59 Å². The van der Waals surface area contributed by atoms with E-state index in [1.54, 1.807) is 0 Å². The maximum absolute atomic E-state index is 12.2. The molecule has 1 N–H and O–H groups in total. The number of likely N-dealkylation sites (N-methyl/N-ethyl adjacent to an activating group) is 2. The summed E-state index contributed by atoms with van der Waals surface area (Å²) in [6, 6.07) is 2.43. The second-order valence-corrected chi connectivity index (χ2v) is 4.28. The van der Waals surface area contributed by atoms with Crippen molar-refractivity contribution in [2.45, 2.75) is 6.04 Å². The maximum atomic E-state index is 12.2. The summed E-state index contributed by atoms with van der Waals surface area (Å²) in [6.07, 6.45) is 0.102. The van der Waals surface area contributed by atoms with E-state index in [-0.39, 0.29) is 18.2 Å². The molecule has 0 radical (unpaired) electrons. The highest BCUT2D eigenvalue weighted by Gasteiger charge is 2.35. The van der Waals surface area contributed by atoms with Crippen molar-refractivity contribution in [2.24, 2.45) is 0 Å². The van der Waals surface area contributed by atoms with Crippen LogP contribution in [0.3, 0.4) is 0 Å². The van der Waals surface area contributed by atoms with Crippen molar-refractivity contribution in [3.8, 4) is 11.8 Å². The number of nitriles is 1. The van der Waals surface area contributed by atoms with E-state index in [0.717, 1.165) is 4.90 Å². The molecule has 2 rings (SSSR count). The molecule has 1 aliphatic heterocycles. The fraction of sp³-hybridized carbons (Fsp3) is 0.333. The van der Waals surface area contributed by atoms with E-state index in [1.165, 1.54) is 31.3 Å². The van der Waals surface area contributed by atoms with Crippen LogP contribution >= 0.6 is 0 Å². The molecule has 8 heteroatoms. The number of amides is 2. The van der Waals surface area contributed by atoms with E-state index in [2.05, 4.69) is 4.98 Å². The Labute approximate surface area is 114 Å². The molecule has 0 aliphatic carbocycles. The summed E-state index contributed by atoms with van der Waals surface area (Å²) in [6.45, 7) is -0.129. The molecule has 20 heavy (non-hydrogen) atoms. The van der Waals surface area contributed by atoms with Gasteiger partial charge in [-0.3, -0.25) is 14.6 Å². The zero-order valence-corrected chi connectivity index (χ0v) is 10.9. The van der Waals surface area contributed by atoms with Gasteiger partial charge in [0, 0.05) is 26.4 Å². The molecule has 0 aromatic carbocycles. The van der Waals surface area contributed by atoms with Gasteiger partial charge < -0.3 is 9.84 Å². The van der Waals surface area contributed by atoms with Crippen LogP contribution in [0.1, 0.15) is 5.56 Å². The first kappa shape index (κ1) is 13.6. The number of ether oxygens (including phenoxy) is 1. The number of carbonyl (C=O) groups is 2. The van der Waals surface area contributed by atoms with Gasteiger partial charge in [-0.25, -0.2) is 9.78 Å². The number of hydrogen-bond acceptors (Lipinski definition) is 5. The van der Waals surface area contributed by atoms with Crippen molar-refractivity contribution in [3.05, 3.63) is 17.8 Å². The molecule has 0 spiro atoms. The number of hydrogen-bond donors (Lipinski definition) is 1. The normalized spacial score (nSPS) is 17.6. The standard InChI is InChI=1S/C12H12N4O4/c1-15(12(18)19)8-6-20-9-3-7(4-13)5-14-10(9)16(2)11(8)17/h3,5,8H,6H2,1-2H3,(H,18,19)/t8-/m0/s1. The first-order chi connectivity index (χ1) is 9.45. The highest BCUT2D eigenvalue weighted by molar-refractivity contribution is 5.99. The van der Waals surface area contributed by atoms with Gasteiger partial charge in [0.1, 0.15) is 18.7 Å². The summed E-state index contributed by atoms with van der Waals surface area (Å²) in [5.74, 6) is 0.0994. The Balaban J connectivity index is 2.39. The van der Waals surface area contributed by atoms with Crippen LogP contribution < -0.4 is 9.64 Å². The van der Waals surface area contributed by atoms with E-state index < -0.39 is 18.0 Å². The van der Waals surface area contributed by atoms with Gasteiger partial charge in [-0.2, -0.15) is 5.26 Å². The van der Waals surface area contributed by atoms with Gasteiger partial charge in [-0.05, 0) is 0 Å². The molecule has 0 saturated heterocycles. The maximum Gasteiger partial charge on any atom is 0.407 e. The second kappa shape index (κ2) is 5.05. The van der Waals surface area contributed by atoms with Crippen LogP contribution in [0.4, 0.5) is 10.6 Å². The topological polar surface area (TPSA) is 107 Å². The monoisotopic (exact) mass is 276 g/mol. The number of carboxylic acid groups (broad SMARTS) is 1. The summed E-state index contributed by atoms with van der Waals surface area (Å²) in [5.41, 5.74) is 0.301. The van der Waals surface area contributed by atoms with Crippen LogP contribution in [0.5, 0.6) is 5.75 Å². The number of aromatic nitrogens is 1. The first-order valence-electron chi connectivity index (χ1n) is 5.72. The lowest BCUT2D eigenvalue weighted by Gasteiger charge is -2.24. The van der Waals surface area contributed by atoms with E-state index in [0.29, 0.717) is 5.56 Å². The third kappa shape index (κ3) is 2.21. The van der Waals surface area contributed by atoms with Crippen LogP contribution in [0.25, 0.3) is 0 Å². The predicted octanol–water partition coefficient (Wildman–Crippen LogP) is 0.287. The quantitative estimate of drug-likeness (QED) is 0.789. The van der Waals surface area contributed by atoms with Crippen molar-refractivity contribution in [1.29, 1.82) is 5.26 Å². The molecule has 0 saturated carbocycles. The van der Waals surface area contributed by atoms with E-state index in [4.69, 9.17) is 15.1 Å². The molecular weight excluding hydrogens is 264 g/mol. The van der Waals surface area contributed by atoms with Gasteiger partial charge in [0.25, 0.3) is 5.91 Å². The second-order valence-electron chi connectivity index (χ2n) is 4.28. The molecule has 0 unspecified atom stereocenters. The SMILES string of the molecule is CN1C(=O)[C@@H](N(C)C(=O)O)COc2cc(C#N)cnc21. The van der Waals surface area contributed by atoms with Crippen LogP contribution in [0.2, 0.25) is 0 Å². The molecule has 8 nitrogen and oxygen atoms in total. The molecule has 0 bridgehead atoms. The molecule has 0 fully saturated rings. The van der Waals surface area contributed by atoms with Crippen molar-refractivity contribution >= 4 is 17.8 Å². The van der Waals surface area contributed by atoms with E-state index >= 15 is 0 Å². The number of fused-ring (bicyclic) bond motifs is 1. The van der Waals surface area contributed by atoms with Gasteiger partial charge in [0.2, 0.25) is 0 Å². The van der Waals surface area contributed by atoms with Crippen LogP contribution in [-0.4, -0.2) is 53.7 Å². The first-order valence-corrected chi connectivity index (χ1v) is 5.72. The summed E-state index contributed by atoms with van der Waals surface area (Å²) in [4.78, 5) is 29.3. The largest absolute Gasteiger partial charge is 0.487 e. The smallest absolute Gasteiger partial charge is 0.407 e. The molecule has 1 atom stereocenters. The number of rotatable bonds is 1. The van der Waals surface area contributed by atoms with Crippen molar-refractivity contribution < 1.29 is 19.4 Å². The number of anilines is 1. The molecule has 2 amide bonds. The summed E-state index contributed by atoms with van der Waals surface area (Å²) >= 11 is 0. The fourth-order valence-corrected chi connectivity index (χ4v) is 1.84. The lowest BCUT2D eigenvalue weighted by Crippen LogP contribution is -2.49. The predicted molar refractivity (Wildman–Crippen MR) is 67.4 cm³/mol. The van der Waals surface area contributed by atoms with Crippen LogP contribution in [0, 0.1) is 11.3 Å². The fourth-order valence-electron chi connectivity index (χ4n) is 1.84. The third-order valence-electron chi connectivity index (χ3n) is 3.06. The number of pyridine rings is 1. The highest BCUT2D eigenvalue weighted by Crippen LogP contribution is 2.29. The van der Waals surface area contributed by atoms with Gasteiger partial charge in [-0.1, -0.05) is 0 Å². The molecule has 1 aromatic heterocycles. The Morgan fingerprint density at radius 2 is 2.40 bits per heavy atom. The molecule has 104 valence electrons. The van der Waals surface area contributed by atoms with Crippen LogP contribution in [0.15, 0.2) is 12.3 Å². The summed E-state index contributed by atoms with van der Waals surface area (Å²) in [5, 5.41) is 17.8. The Morgan fingerprint density at radius 3 is 3.00 bits per heavy atom. The van der Waals surface area contributed by atoms with Crippen LogP contribution in [-0.2, 0) is 4.79 Å². The Morgan fingerprint density at radius 1 is 1.70 bits per heavy atom. The van der Waals surface area contributed by atoms with Crippen molar-refractivity contribution in [2.75, 3.05) is 25.6 Å². The Bertz CT molecular complexity index is 610. The van der Waals surface area contributed by atoms with Crippen molar-refractivity contribution in [1.82, 2.24) is 9.88 Å². The zero-order chi connectivity index (χ0) is 14.9. The van der Waals surface area contributed by atoms with Gasteiger partial charge in [0.15, 0.2) is 11.6 Å². The zero-order valence-electron chi connectivity index (χ0n) is 10.9. The summed E-state index contributed by atoms with van der Waals surface area (Å²) in [7, 11) is 2.78. The third-order valence-corrected chi connectivity index (χ3v) is 3.06. The average Bonchev–Trinajstić information content (AvgIpc) is 2.56. The molecular formula is C12H12N4O4. The lowest BCUT2D eigenvalue weighted by molar-refractivity contribution is -0.123. The number of nitrogens with zero attached hydrogens (tertiary/aromatic N) is 4. The Hall–Kier alpha value is -2.82. The minimum absolute atomic E-state index is 0.129. The van der Waals surface area contributed by atoms with Gasteiger partial charge >= 0.3 is 6.09 Å². The minimum atomic E-state index is -1.23. The molecule has 2 heterocycles. The van der Waals surface area contributed by atoms with Gasteiger partial charge in [0.05, 0.1) is 5.56 Å². The van der Waals surface area contributed by atoms with Gasteiger partial charge in [-0.15, -0.1) is 0 Å². The Kier molecular flexibility index (Phi) is 3.43. The lowest BCUT2D eigenvalue weighted by atomic mass is 10.2. The highest BCUT2D eigenvalue weighted by atomic mass is 16.5. The van der Waals surface area contributed by atoms with Crippen molar-refractivity contribution in [3.63, 3.8) is 0 Å². The van der Waals surface area contributed by atoms with E-state index in [1.807, 2.05) is 6.07 Å².